The monoisotopic (exact) mass is 392 g/mol. The second-order valence-corrected chi connectivity index (χ2v) is 7.03. The van der Waals surface area contributed by atoms with E-state index in [9.17, 15) is 9.59 Å². The Balaban J connectivity index is 1.35. The second-order valence-electron chi connectivity index (χ2n) is 6.15. The van der Waals surface area contributed by atoms with Gasteiger partial charge in [0.05, 0.1) is 11.8 Å². The molecular formula is C18H14Cl2N2O4. The third-order valence-corrected chi connectivity index (χ3v) is 4.67. The highest BCUT2D eigenvalue weighted by Crippen LogP contribution is 2.41. The summed E-state index contributed by atoms with van der Waals surface area (Å²) in [7, 11) is 0. The zero-order valence-corrected chi connectivity index (χ0v) is 14.9. The van der Waals surface area contributed by atoms with Gasteiger partial charge in [-0.1, -0.05) is 23.2 Å². The van der Waals surface area contributed by atoms with Crippen molar-refractivity contribution in [3.05, 3.63) is 46.4 Å². The first-order valence-electron chi connectivity index (χ1n) is 7.97. The molecule has 1 aliphatic heterocycles. The summed E-state index contributed by atoms with van der Waals surface area (Å²) in [5, 5.41) is 6.41. The molecule has 6 nitrogen and oxygen atoms in total. The van der Waals surface area contributed by atoms with Crippen LogP contribution in [0.4, 0.5) is 11.4 Å². The Morgan fingerprint density at radius 1 is 0.846 bits per heavy atom. The lowest BCUT2D eigenvalue weighted by atomic mass is 10.2. The molecule has 0 saturated heterocycles. The molecule has 2 aromatic carbocycles. The van der Waals surface area contributed by atoms with Crippen LogP contribution in [0.1, 0.15) is 6.42 Å². The van der Waals surface area contributed by atoms with Crippen molar-refractivity contribution in [2.24, 2.45) is 11.8 Å². The number of carbonyl (C=O) groups excluding carboxylic acids is 2. The Bertz CT molecular complexity index is 883. The molecule has 8 heteroatoms. The Kier molecular flexibility index (Phi) is 4.38. The summed E-state index contributed by atoms with van der Waals surface area (Å²) in [6, 6.07) is 9.96. The molecule has 1 fully saturated rings. The van der Waals surface area contributed by atoms with E-state index in [0.29, 0.717) is 39.3 Å². The van der Waals surface area contributed by atoms with Crippen molar-refractivity contribution >= 4 is 46.4 Å². The summed E-state index contributed by atoms with van der Waals surface area (Å²) >= 11 is 11.8. The van der Waals surface area contributed by atoms with E-state index in [1.54, 1.807) is 36.4 Å². The smallest absolute Gasteiger partial charge is 0.231 e. The van der Waals surface area contributed by atoms with E-state index in [-0.39, 0.29) is 30.4 Å². The fourth-order valence-corrected chi connectivity index (χ4v) is 3.37. The number of fused-ring (bicyclic) bond motifs is 1. The van der Waals surface area contributed by atoms with E-state index in [0.717, 1.165) is 0 Å². The standard InChI is InChI=1S/C18H14Cl2N2O4/c19-9-3-10(20)5-12(4-9)22-18(24)14-7-13(14)17(23)21-11-1-2-15-16(6-11)26-8-25-15/h1-6,13-14H,7-8H2,(H,21,23)(H,22,24). The molecule has 2 amide bonds. The van der Waals surface area contributed by atoms with Crippen LogP contribution in [0.25, 0.3) is 0 Å². The summed E-state index contributed by atoms with van der Waals surface area (Å²) in [4.78, 5) is 24.6. The Morgan fingerprint density at radius 3 is 2.15 bits per heavy atom. The summed E-state index contributed by atoms with van der Waals surface area (Å²) in [6.45, 7) is 0.172. The lowest BCUT2D eigenvalue weighted by Gasteiger charge is -2.07. The number of rotatable bonds is 4. The van der Waals surface area contributed by atoms with E-state index in [1.807, 2.05) is 0 Å². The van der Waals surface area contributed by atoms with Crippen molar-refractivity contribution in [1.29, 1.82) is 0 Å². The van der Waals surface area contributed by atoms with Gasteiger partial charge in [0, 0.05) is 27.5 Å². The molecule has 1 heterocycles. The normalized spacial score (nSPS) is 19.8. The third kappa shape index (κ3) is 3.57. The summed E-state index contributed by atoms with van der Waals surface area (Å²) in [5.74, 6) is 0.0664. The highest BCUT2D eigenvalue weighted by Gasteiger charge is 2.48. The van der Waals surface area contributed by atoms with Gasteiger partial charge < -0.3 is 20.1 Å². The van der Waals surface area contributed by atoms with Gasteiger partial charge in [-0.2, -0.15) is 0 Å². The third-order valence-electron chi connectivity index (χ3n) is 4.23. The number of anilines is 2. The van der Waals surface area contributed by atoms with Gasteiger partial charge in [-0.25, -0.2) is 0 Å². The SMILES string of the molecule is O=C(Nc1cc(Cl)cc(Cl)c1)C1CC1C(=O)Nc1ccc2c(c1)OCO2. The minimum atomic E-state index is -0.373. The molecule has 0 radical (unpaired) electrons. The quantitative estimate of drug-likeness (QED) is 0.825. The maximum atomic E-state index is 12.3. The lowest BCUT2D eigenvalue weighted by molar-refractivity contribution is -0.122. The van der Waals surface area contributed by atoms with Gasteiger partial charge >= 0.3 is 0 Å². The number of carbonyl (C=O) groups is 2. The Labute approximate surface area is 159 Å². The minimum absolute atomic E-state index is 0.172. The average Bonchev–Trinajstić information content (AvgIpc) is 3.25. The fraction of sp³-hybridized carbons (Fsp3) is 0.222. The highest BCUT2D eigenvalue weighted by molar-refractivity contribution is 6.35. The van der Waals surface area contributed by atoms with E-state index in [2.05, 4.69) is 10.6 Å². The number of hydrogen-bond donors (Lipinski definition) is 2. The van der Waals surface area contributed by atoms with Crippen LogP contribution < -0.4 is 20.1 Å². The molecule has 4 rings (SSSR count). The molecule has 26 heavy (non-hydrogen) atoms. The van der Waals surface area contributed by atoms with Crippen molar-refractivity contribution in [3.8, 4) is 11.5 Å². The molecule has 2 N–H and O–H groups in total. The molecule has 0 aromatic heterocycles. The lowest BCUT2D eigenvalue weighted by Crippen LogP contribution is -2.20. The zero-order valence-electron chi connectivity index (χ0n) is 13.4. The minimum Gasteiger partial charge on any atom is -0.454 e. The van der Waals surface area contributed by atoms with Gasteiger partial charge in [0.2, 0.25) is 18.6 Å². The number of hydrogen-bond acceptors (Lipinski definition) is 4. The molecule has 2 aromatic rings. The largest absolute Gasteiger partial charge is 0.454 e. The van der Waals surface area contributed by atoms with Gasteiger partial charge in [0.15, 0.2) is 11.5 Å². The number of halogens is 2. The van der Waals surface area contributed by atoms with Crippen molar-refractivity contribution in [2.75, 3.05) is 17.4 Å². The average molecular weight is 393 g/mol. The molecule has 1 saturated carbocycles. The molecule has 1 aliphatic carbocycles. The van der Waals surface area contributed by atoms with Gasteiger partial charge in [0.1, 0.15) is 0 Å². The van der Waals surface area contributed by atoms with Crippen LogP contribution in [0.15, 0.2) is 36.4 Å². The number of ether oxygens (including phenoxy) is 2. The van der Waals surface area contributed by atoms with Crippen LogP contribution >= 0.6 is 23.2 Å². The first-order valence-corrected chi connectivity index (χ1v) is 8.73. The number of nitrogens with one attached hydrogen (secondary N) is 2. The van der Waals surface area contributed by atoms with Crippen molar-refractivity contribution in [2.45, 2.75) is 6.42 Å². The maximum absolute atomic E-state index is 12.3. The summed E-state index contributed by atoms with van der Waals surface area (Å²) in [5.41, 5.74) is 1.11. The first-order chi connectivity index (χ1) is 12.5. The van der Waals surface area contributed by atoms with Crippen molar-refractivity contribution in [3.63, 3.8) is 0 Å². The zero-order chi connectivity index (χ0) is 18.3. The number of amides is 2. The maximum Gasteiger partial charge on any atom is 0.231 e. The molecule has 0 bridgehead atoms. The van der Waals surface area contributed by atoms with Crippen LogP contribution in [0.2, 0.25) is 10.0 Å². The molecule has 2 unspecified atom stereocenters. The van der Waals surface area contributed by atoms with Crippen molar-refractivity contribution in [1.82, 2.24) is 0 Å². The number of benzene rings is 2. The van der Waals surface area contributed by atoms with E-state index in [4.69, 9.17) is 32.7 Å². The predicted octanol–water partition coefficient (Wildman–Crippen LogP) is 3.94. The van der Waals surface area contributed by atoms with Crippen LogP contribution in [0.5, 0.6) is 11.5 Å². The highest BCUT2D eigenvalue weighted by atomic mass is 35.5. The molecule has 0 spiro atoms. The van der Waals surface area contributed by atoms with Gasteiger partial charge in [-0.05, 0) is 36.8 Å². The fourth-order valence-electron chi connectivity index (χ4n) is 2.84. The predicted molar refractivity (Wildman–Crippen MR) is 97.9 cm³/mol. The molecular weight excluding hydrogens is 379 g/mol. The Hall–Kier alpha value is -2.44. The molecule has 134 valence electrons. The van der Waals surface area contributed by atoms with Crippen LogP contribution in [0.3, 0.4) is 0 Å². The van der Waals surface area contributed by atoms with E-state index < -0.39 is 0 Å². The Morgan fingerprint density at radius 2 is 1.46 bits per heavy atom. The van der Waals surface area contributed by atoms with E-state index >= 15 is 0 Å². The summed E-state index contributed by atoms with van der Waals surface area (Å²) < 4.78 is 10.5. The van der Waals surface area contributed by atoms with Gasteiger partial charge in [-0.3, -0.25) is 9.59 Å². The first kappa shape index (κ1) is 17.0. The topological polar surface area (TPSA) is 76.7 Å². The van der Waals surface area contributed by atoms with Crippen molar-refractivity contribution < 1.29 is 19.1 Å². The molecule has 2 atom stereocenters. The summed E-state index contributed by atoms with van der Waals surface area (Å²) in [6.07, 6.45) is 0.497. The van der Waals surface area contributed by atoms with E-state index in [1.165, 1.54) is 0 Å². The second kappa shape index (κ2) is 6.70. The van der Waals surface area contributed by atoms with Crippen LogP contribution in [0, 0.1) is 11.8 Å². The van der Waals surface area contributed by atoms with Crippen LogP contribution in [-0.2, 0) is 9.59 Å². The van der Waals surface area contributed by atoms with Gasteiger partial charge in [0.25, 0.3) is 0 Å². The van der Waals surface area contributed by atoms with Crippen LogP contribution in [-0.4, -0.2) is 18.6 Å². The molecule has 2 aliphatic rings. The van der Waals surface area contributed by atoms with Gasteiger partial charge in [-0.15, -0.1) is 0 Å².